The normalized spacial score (nSPS) is 10.7. The number of rotatable bonds is 4. The van der Waals surface area contributed by atoms with Crippen molar-refractivity contribution in [2.24, 2.45) is 0 Å². The van der Waals surface area contributed by atoms with E-state index >= 15 is 0 Å². The third-order valence-corrected chi connectivity index (χ3v) is 2.58. The van der Waals surface area contributed by atoms with Crippen LogP contribution in [-0.2, 0) is 21.8 Å². The molecule has 7 heteroatoms. The third kappa shape index (κ3) is 3.51. The summed E-state index contributed by atoms with van der Waals surface area (Å²) in [4.78, 5) is 14.8. The second-order valence-electron chi connectivity index (χ2n) is 3.15. The maximum absolute atomic E-state index is 12.9. The van der Waals surface area contributed by atoms with Crippen LogP contribution in [-0.4, -0.2) is 18.1 Å². The van der Waals surface area contributed by atoms with E-state index in [1.165, 1.54) is 6.07 Å². The monoisotopic (exact) mass is 283 g/mol. The van der Waals surface area contributed by atoms with E-state index in [4.69, 9.17) is 23.2 Å². The van der Waals surface area contributed by atoms with Crippen molar-refractivity contribution in [2.45, 2.75) is 18.7 Å². The molecule has 0 amide bonds. The van der Waals surface area contributed by atoms with E-state index in [9.17, 15) is 13.6 Å². The molecule has 0 unspecified atom stereocenters. The van der Waals surface area contributed by atoms with Crippen molar-refractivity contribution >= 4 is 29.2 Å². The molecule has 0 saturated heterocycles. The third-order valence-electron chi connectivity index (χ3n) is 2.09. The molecule has 0 fully saturated rings. The zero-order valence-corrected chi connectivity index (χ0v) is 10.4. The number of ether oxygens (including phenoxy) is 1. The highest BCUT2D eigenvalue weighted by molar-refractivity contribution is 6.29. The van der Waals surface area contributed by atoms with Crippen molar-refractivity contribution < 1.29 is 18.3 Å². The lowest BCUT2D eigenvalue weighted by Crippen LogP contribution is -2.11. The highest BCUT2D eigenvalue weighted by atomic mass is 35.5. The predicted octanol–water partition coefficient (Wildman–Crippen LogP) is 3.13. The van der Waals surface area contributed by atoms with Gasteiger partial charge in [0.05, 0.1) is 19.2 Å². The predicted molar refractivity (Wildman–Crippen MR) is 59.5 cm³/mol. The summed E-state index contributed by atoms with van der Waals surface area (Å²) in [6.07, 6.45) is -3.13. The van der Waals surface area contributed by atoms with Crippen LogP contribution in [0.5, 0.6) is 0 Å². The van der Waals surface area contributed by atoms with Gasteiger partial charge in [-0.15, -0.1) is 11.6 Å². The molecular formula is C10H9Cl2F2NO2. The lowest BCUT2D eigenvalue weighted by molar-refractivity contribution is -0.139. The molecule has 1 aromatic heterocycles. The van der Waals surface area contributed by atoms with Crippen molar-refractivity contribution in [3.05, 3.63) is 28.0 Å². The van der Waals surface area contributed by atoms with E-state index in [0.717, 1.165) is 7.11 Å². The highest BCUT2D eigenvalue weighted by Gasteiger charge is 2.21. The van der Waals surface area contributed by atoms with Crippen LogP contribution in [0.3, 0.4) is 0 Å². The fourth-order valence-corrected chi connectivity index (χ4v) is 1.80. The van der Waals surface area contributed by atoms with Crippen molar-refractivity contribution in [1.29, 1.82) is 0 Å². The summed E-state index contributed by atoms with van der Waals surface area (Å²) in [6.45, 7) is 0. The van der Waals surface area contributed by atoms with Crippen molar-refractivity contribution in [3.8, 4) is 0 Å². The number of carbonyl (C=O) groups is 1. The Labute approximate surface area is 107 Å². The van der Waals surface area contributed by atoms with Gasteiger partial charge in [0.25, 0.3) is 6.43 Å². The van der Waals surface area contributed by atoms with E-state index in [2.05, 4.69) is 9.72 Å². The van der Waals surface area contributed by atoms with Gasteiger partial charge in [-0.05, 0) is 11.6 Å². The molecule has 3 nitrogen and oxygen atoms in total. The van der Waals surface area contributed by atoms with E-state index in [0.29, 0.717) is 0 Å². The van der Waals surface area contributed by atoms with Gasteiger partial charge in [-0.1, -0.05) is 11.6 Å². The van der Waals surface area contributed by atoms with Crippen LogP contribution in [0.1, 0.15) is 23.2 Å². The molecule has 0 atom stereocenters. The van der Waals surface area contributed by atoms with E-state index < -0.39 is 12.4 Å². The number of halogens is 4. The summed E-state index contributed by atoms with van der Waals surface area (Å²) >= 11 is 11.2. The van der Waals surface area contributed by atoms with Crippen LogP contribution < -0.4 is 0 Å². The number of methoxy groups -OCH3 is 1. The summed E-state index contributed by atoms with van der Waals surface area (Å²) in [6, 6.07) is 1.26. The SMILES string of the molecule is COC(=O)Cc1nc(Cl)cc(CCl)c1C(F)F. The van der Waals surface area contributed by atoms with Crippen molar-refractivity contribution in [1.82, 2.24) is 4.98 Å². The lowest BCUT2D eigenvalue weighted by atomic mass is 10.1. The van der Waals surface area contributed by atoms with Gasteiger partial charge < -0.3 is 4.74 Å². The first-order valence-electron chi connectivity index (χ1n) is 4.58. The van der Waals surface area contributed by atoms with Gasteiger partial charge in [0.2, 0.25) is 0 Å². The van der Waals surface area contributed by atoms with Gasteiger partial charge in [-0.2, -0.15) is 0 Å². The average molecular weight is 284 g/mol. The number of hydrogen-bond acceptors (Lipinski definition) is 3. The quantitative estimate of drug-likeness (QED) is 0.484. The first-order chi connectivity index (χ1) is 7.99. The standard InChI is InChI=1S/C10H9Cl2F2NO2/c1-17-8(16)3-6-9(10(13)14)5(4-11)2-7(12)15-6/h2,10H,3-4H2,1H3. The van der Waals surface area contributed by atoms with Crippen LogP contribution in [0.2, 0.25) is 5.15 Å². The Hall–Kier alpha value is -0.940. The minimum absolute atomic E-state index is 0.0175. The number of carbonyl (C=O) groups excluding carboxylic acids is 1. The van der Waals surface area contributed by atoms with Crippen LogP contribution in [0.15, 0.2) is 6.07 Å². The molecule has 0 N–H and O–H groups in total. The molecule has 0 saturated carbocycles. The Morgan fingerprint density at radius 1 is 1.59 bits per heavy atom. The summed E-state index contributed by atoms with van der Waals surface area (Å²) in [5, 5.41) is 0.0175. The molecule has 0 radical (unpaired) electrons. The highest BCUT2D eigenvalue weighted by Crippen LogP contribution is 2.29. The zero-order valence-electron chi connectivity index (χ0n) is 8.84. The van der Waals surface area contributed by atoms with Crippen LogP contribution in [0.25, 0.3) is 0 Å². The second-order valence-corrected chi connectivity index (χ2v) is 3.81. The maximum Gasteiger partial charge on any atom is 0.311 e. The summed E-state index contributed by atoms with van der Waals surface area (Å²) in [5.74, 6) is -0.794. The first-order valence-corrected chi connectivity index (χ1v) is 5.50. The molecule has 94 valence electrons. The largest absolute Gasteiger partial charge is 0.469 e. The molecule has 17 heavy (non-hydrogen) atoms. The molecule has 0 aliphatic rings. The Kier molecular flexibility index (Phi) is 5.08. The minimum atomic E-state index is -2.77. The molecule has 0 aliphatic carbocycles. The molecule has 1 rings (SSSR count). The summed E-state index contributed by atoms with van der Waals surface area (Å²) in [5.41, 5.74) is -0.287. The molecule has 0 aliphatic heterocycles. The lowest BCUT2D eigenvalue weighted by Gasteiger charge is -2.11. The van der Waals surface area contributed by atoms with E-state index in [1.807, 2.05) is 0 Å². The van der Waals surface area contributed by atoms with E-state index in [-0.39, 0.29) is 34.3 Å². The molecule has 0 spiro atoms. The van der Waals surface area contributed by atoms with Crippen LogP contribution >= 0.6 is 23.2 Å². The Morgan fingerprint density at radius 2 is 2.24 bits per heavy atom. The Morgan fingerprint density at radius 3 is 2.71 bits per heavy atom. The van der Waals surface area contributed by atoms with Gasteiger partial charge >= 0.3 is 5.97 Å². The molecule has 0 bridgehead atoms. The fourth-order valence-electron chi connectivity index (χ4n) is 1.35. The number of pyridine rings is 1. The van der Waals surface area contributed by atoms with Crippen molar-refractivity contribution in [2.75, 3.05) is 7.11 Å². The summed E-state index contributed by atoms with van der Waals surface area (Å²) in [7, 11) is 1.16. The number of hydrogen-bond donors (Lipinski definition) is 0. The average Bonchev–Trinajstić information content (AvgIpc) is 2.27. The van der Waals surface area contributed by atoms with E-state index in [1.54, 1.807) is 0 Å². The van der Waals surface area contributed by atoms with Gasteiger partial charge in [-0.3, -0.25) is 4.79 Å². The number of aromatic nitrogens is 1. The topological polar surface area (TPSA) is 39.2 Å². The van der Waals surface area contributed by atoms with Gasteiger partial charge in [-0.25, -0.2) is 13.8 Å². The molecule has 0 aromatic carbocycles. The van der Waals surface area contributed by atoms with Crippen molar-refractivity contribution in [3.63, 3.8) is 0 Å². The molecule has 1 aromatic rings. The molecule has 1 heterocycles. The minimum Gasteiger partial charge on any atom is -0.469 e. The van der Waals surface area contributed by atoms with Crippen LogP contribution in [0, 0.1) is 0 Å². The fraction of sp³-hybridized carbons (Fsp3) is 0.400. The number of nitrogens with zero attached hydrogens (tertiary/aromatic N) is 1. The smallest absolute Gasteiger partial charge is 0.311 e. The van der Waals surface area contributed by atoms with Crippen LogP contribution in [0.4, 0.5) is 8.78 Å². The summed E-state index contributed by atoms with van der Waals surface area (Å²) < 4.78 is 30.1. The molecular weight excluding hydrogens is 275 g/mol. The van der Waals surface area contributed by atoms with Gasteiger partial charge in [0.1, 0.15) is 5.15 Å². The maximum atomic E-state index is 12.9. The van der Waals surface area contributed by atoms with Gasteiger partial charge in [0.15, 0.2) is 0 Å². The second kappa shape index (κ2) is 6.12. The Balaban J connectivity index is 3.25. The Bertz CT molecular complexity index is 427. The van der Waals surface area contributed by atoms with Gasteiger partial charge in [0, 0.05) is 11.4 Å². The zero-order chi connectivity index (χ0) is 13.0. The first kappa shape index (κ1) is 14.1. The number of alkyl halides is 3. The number of esters is 1.